The van der Waals surface area contributed by atoms with Crippen LogP contribution in [0.15, 0.2) is 12.7 Å². The van der Waals surface area contributed by atoms with E-state index in [0.717, 1.165) is 5.92 Å². The summed E-state index contributed by atoms with van der Waals surface area (Å²) in [6.45, 7) is 6.54. The van der Waals surface area contributed by atoms with Crippen molar-refractivity contribution < 1.29 is 0 Å². The van der Waals surface area contributed by atoms with Crippen molar-refractivity contribution in [1.29, 1.82) is 0 Å². The Kier molecular flexibility index (Phi) is 1.99. The molecule has 0 radical (unpaired) electrons. The maximum atomic E-state index is 3.88. The van der Waals surface area contributed by atoms with Crippen molar-refractivity contribution in [1.82, 2.24) is 4.90 Å². The van der Waals surface area contributed by atoms with E-state index in [1.807, 2.05) is 0 Å². The average molecular weight is 151 g/mol. The third-order valence-electron chi connectivity index (χ3n) is 2.88. The fourth-order valence-corrected chi connectivity index (χ4v) is 1.98. The van der Waals surface area contributed by atoms with Crippen LogP contribution in [0.1, 0.15) is 25.7 Å². The molecule has 2 rings (SSSR count). The summed E-state index contributed by atoms with van der Waals surface area (Å²) in [6.07, 6.45) is 7.79. The Bertz CT molecular complexity index is 149. The Hall–Kier alpha value is -0.300. The molecule has 0 bridgehead atoms. The van der Waals surface area contributed by atoms with Gasteiger partial charge >= 0.3 is 0 Å². The number of hydrogen-bond acceptors (Lipinski definition) is 1. The van der Waals surface area contributed by atoms with Crippen LogP contribution in [-0.2, 0) is 0 Å². The van der Waals surface area contributed by atoms with Gasteiger partial charge in [0.15, 0.2) is 0 Å². The maximum Gasteiger partial charge on any atom is 0.0276 e. The highest BCUT2D eigenvalue weighted by Crippen LogP contribution is 2.32. The third kappa shape index (κ3) is 1.64. The smallest absolute Gasteiger partial charge is 0.0276 e. The molecular weight excluding hydrogens is 134 g/mol. The lowest BCUT2D eigenvalue weighted by Gasteiger charge is -2.20. The van der Waals surface area contributed by atoms with Crippen LogP contribution in [-0.4, -0.2) is 24.0 Å². The Balaban J connectivity index is 1.84. The molecule has 1 saturated heterocycles. The molecule has 62 valence electrons. The van der Waals surface area contributed by atoms with Crippen LogP contribution in [0.3, 0.4) is 0 Å². The number of nitrogens with zero attached hydrogens (tertiary/aromatic N) is 1. The van der Waals surface area contributed by atoms with Crippen LogP contribution in [0.25, 0.3) is 0 Å². The molecule has 0 spiro atoms. The second kappa shape index (κ2) is 2.98. The van der Waals surface area contributed by atoms with Crippen LogP contribution in [0.2, 0.25) is 0 Å². The predicted octanol–water partition coefficient (Wildman–Crippen LogP) is 2.05. The highest BCUT2D eigenvalue weighted by molar-refractivity contribution is 4.94. The second-order valence-corrected chi connectivity index (χ2v) is 3.88. The molecule has 2 fully saturated rings. The van der Waals surface area contributed by atoms with Gasteiger partial charge in [-0.1, -0.05) is 6.08 Å². The van der Waals surface area contributed by atoms with Gasteiger partial charge in [-0.15, -0.1) is 6.58 Å². The van der Waals surface area contributed by atoms with Crippen LogP contribution in [0, 0.1) is 5.92 Å². The topological polar surface area (TPSA) is 3.24 Å². The molecule has 1 saturated carbocycles. The Labute approximate surface area is 69.1 Å². The van der Waals surface area contributed by atoms with Gasteiger partial charge in [-0.2, -0.15) is 0 Å². The third-order valence-corrected chi connectivity index (χ3v) is 2.88. The van der Waals surface area contributed by atoms with Crippen molar-refractivity contribution in [2.24, 2.45) is 5.92 Å². The first-order valence-electron chi connectivity index (χ1n) is 4.77. The standard InChI is InChI=1S/C10H17N/c1-2-10-4-3-7-11(10)8-9-5-6-9/h2,9-10H,1,3-8H2/t10-/m1/s1. The molecule has 1 nitrogen and oxygen atoms in total. The molecule has 0 amide bonds. The first kappa shape index (κ1) is 7.35. The van der Waals surface area contributed by atoms with Gasteiger partial charge in [-0.05, 0) is 38.1 Å². The summed E-state index contributed by atoms with van der Waals surface area (Å²) < 4.78 is 0. The van der Waals surface area contributed by atoms with Gasteiger partial charge in [0.05, 0.1) is 0 Å². The fourth-order valence-electron chi connectivity index (χ4n) is 1.98. The van der Waals surface area contributed by atoms with E-state index in [1.54, 1.807) is 0 Å². The molecule has 11 heavy (non-hydrogen) atoms. The Morgan fingerprint density at radius 2 is 2.18 bits per heavy atom. The van der Waals surface area contributed by atoms with Gasteiger partial charge in [0, 0.05) is 12.6 Å². The zero-order chi connectivity index (χ0) is 7.68. The summed E-state index contributed by atoms with van der Waals surface area (Å²) in [5.41, 5.74) is 0. The molecule has 1 atom stereocenters. The van der Waals surface area contributed by atoms with E-state index in [0.29, 0.717) is 6.04 Å². The van der Waals surface area contributed by atoms with E-state index in [-0.39, 0.29) is 0 Å². The van der Waals surface area contributed by atoms with Gasteiger partial charge < -0.3 is 0 Å². The summed E-state index contributed by atoms with van der Waals surface area (Å²) in [4.78, 5) is 2.60. The lowest BCUT2D eigenvalue weighted by Crippen LogP contribution is -2.29. The summed E-state index contributed by atoms with van der Waals surface area (Å²) >= 11 is 0. The average Bonchev–Trinajstić information content (AvgIpc) is 2.68. The molecule has 0 aromatic carbocycles. The molecular formula is C10H17N. The van der Waals surface area contributed by atoms with E-state index < -0.39 is 0 Å². The zero-order valence-electron chi connectivity index (χ0n) is 7.13. The van der Waals surface area contributed by atoms with Crippen molar-refractivity contribution in [3.05, 3.63) is 12.7 Å². The minimum Gasteiger partial charge on any atom is -0.297 e. The SMILES string of the molecule is C=C[C@@H]1CCCN1CC1CC1. The summed E-state index contributed by atoms with van der Waals surface area (Å²) in [5, 5.41) is 0. The number of hydrogen-bond donors (Lipinski definition) is 0. The molecule has 0 N–H and O–H groups in total. The molecule has 1 heteroatoms. The second-order valence-electron chi connectivity index (χ2n) is 3.88. The lowest BCUT2D eigenvalue weighted by molar-refractivity contribution is 0.278. The van der Waals surface area contributed by atoms with E-state index in [9.17, 15) is 0 Å². The normalized spacial score (nSPS) is 32.5. The first-order valence-corrected chi connectivity index (χ1v) is 4.77. The molecule has 2 aliphatic rings. The minimum absolute atomic E-state index is 0.704. The van der Waals surface area contributed by atoms with Crippen LogP contribution >= 0.6 is 0 Å². The highest BCUT2D eigenvalue weighted by Gasteiger charge is 2.29. The molecule has 0 aromatic rings. The first-order chi connectivity index (χ1) is 5.40. The predicted molar refractivity (Wildman–Crippen MR) is 47.5 cm³/mol. The monoisotopic (exact) mass is 151 g/mol. The van der Waals surface area contributed by atoms with Crippen molar-refractivity contribution in [2.45, 2.75) is 31.7 Å². The van der Waals surface area contributed by atoms with Gasteiger partial charge in [0.1, 0.15) is 0 Å². The quantitative estimate of drug-likeness (QED) is 0.558. The number of rotatable bonds is 3. The molecule has 1 heterocycles. The molecule has 1 aliphatic heterocycles. The van der Waals surface area contributed by atoms with E-state index >= 15 is 0 Å². The number of likely N-dealkylation sites (tertiary alicyclic amines) is 1. The van der Waals surface area contributed by atoms with E-state index in [2.05, 4.69) is 17.6 Å². The van der Waals surface area contributed by atoms with Crippen molar-refractivity contribution >= 4 is 0 Å². The molecule has 1 aliphatic carbocycles. The van der Waals surface area contributed by atoms with Crippen LogP contribution in [0.5, 0.6) is 0 Å². The van der Waals surface area contributed by atoms with Gasteiger partial charge in [0.25, 0.3) is 0 Å². The largest absolute Gasteiger partial charge is 0.297 e. The summed E-state index contributed by atoms with van der Waals surface area (Å²) in [5.74, 6) is 1.04. The van der Waals surface area contributed by atoms with Crippen molar-refractivity contribution in [2.75, 3.05) is 13.1 Å². The molecule has 0 unspecified atom stereocenters. The summed E-state index contributed by atoms with van der Waals surface area (Å²) in [7, 11) is 0. The van der Waals surface area contributed by atoms with Crippen molar-refractivity contribution in [3.8, 4) is 0 Å². The van der Waals surface area contributed by atoms with E-state index in [4.69, 9.17) is 0 Å². The lowest BCUT2D eigenvalue weighted by atomic mass is 10.2. The fraction of sp³-hybridized carbons (Fsp3) is 0.800. The zero-order valence-corrected chi connectivity index (χ0v) is 7.13. The maximum absolute atomic E-state index is 3.88. The van der Waals surface area contributed by atoms with Crippen LogP contribution in [0.4, 0.5) is 0 Å². The van der Waals surface area contributed by atoms with Gasteiger partial charge in [0.2, 0.25) is 0 Å². The van der Waals surface area contributed by atoms with Gasteiger partial charge in [-0.25, -0.2) is 0 Å². The Morgan fingerprint density at radius 1 is 1.36 bits per heavy atom. The van der Waals surface area contributed by atoms with Crippen molar-refractivity contribution in [3.63, 3.8) is 0 Å². The van der Waals surface area contributed by atoms with E-state index in [1.165, 1.54) is 38.8 Å². The van der Waals surface area contributed by atoms with Gasteiger partial charge in [-0.3, -0.25) is 4.90 Å². The highest BCUT2D eigenvalue weighted by atomic mass is 15.2. The van der Waals surface area contributed by atoms with Crippen LogP contribution < -0.4 is 0 Å². The summed E-state index contributed by atoms with van der Waals surface area (Å²) in [6, 6.07) is 0.704. The Morgan fingerprint density at radius 3 is 2.82 bits per heavy atom. The molecule has 0 aromatic heterocycles. The minimum atomic E-state index is 0.704.